The van der Waals surface area contributed by atoms with Crippen molar-refractivity contribution in [1.29, 1.82) is 0 Å². The molecular weight excluding hydrogens is 398 g/mol. The monoisotopic (exact) mass is 421 g/mol. The molecule has 3 aliphatic carbocycles. The summed E-state index contributed by atoms with van der Waals surface area (Å²) in [4.78, 5) is 42.8. The number of imide groups is 1. The van der Waals surface area contributed by atoms with Crippen molar-refractivity contribution in [2.24, 2.45) is 11.8 Å². The van der Waals surface area contributed by atoms with E-state index in [1.54, 1.807) is 6.92 Å². The van der Waals surface area contributed by atoms with Gasteiger partial charge in [0.1, 0.15) is 5.78 Å². The average Bonchev–Trinajstić information content (AvgIpc) is 3.06. The van der Waals surface area contributed by atoms with Crippen LogP contribution in [0.2, 0.25) is 0 Å². The fourth-order valence-corrected chi connectivity index (χ4v) is 6.49. The Morgan fingerprint density at radius 3 is 1.97 bits per heavy atom. The molecule has 1 saturated heterocycles. The van der Waals surface area contributed by atoms with Crippen molar-refractivity contribution in [2.45, 2.75) is 32.1 Å². The number of anilines is 1. The molecule has 1 heterocycles. The second kappa shape index (κ2) is 6.26. The number of benzene rings is 3. The van der Waals surface area contributed by atoms with Gasteiger partial charge in [-0.15, -0.1) is 0 Å². The van der Waals surface area contributed by atoms with Crippen LogP contribution < -0.4 is 4.90 Å². The van der Waals surface area contributed by atoms with Gasteiger partial charge < -0.3 is 0 Å². The molecule has 4 aliphatic rings. The highest BCUT2D eigenvalue weighted by atomic mass is 16.2. The molecule has 4 heteroatoms. The Bertz CT molecular complexity index is 1310. The van der Waals surface area contributed by atoms with E-state index < -0.39 is 17.3 Å². The van der Waals surface area contributed by atoms with E-state index in [0.717, 1.165) is 33.4 Å². The van der Waals surface area contributed by atoms with Gasteiger partial charge in [-0.2, -0.15) is 0 Å². The molecule has 0 radical (unpaired) electrons. The minimum Gasteiger partial charge on any atom is -0.299 e. The zero-order valence-electron chi connectivity index (χ0n) is 18.3. The van der Waals surface area contributed by atoms with Crippen LogP contribution in [0.1, 0.15) is 46.2 Å². The summed E-state index contributed by atoms with van der Waals surface area (Å²) in [5, 5.41) is 0. The first-order valence-electron chi connectivity index (χ1n) is 11.0. The molecule has 32 heavy (non-hydrogen) atoms. The van der Waals surface area contributed by atoms with E-state index in [1.165, 1.54) is 4.90 Å². The molecule has 0 saturated carbocycles. The Labute approximate surface area is 186 Å². The Hall–Kier alpha value is -3.53. The van der Waals surface area contributed by atoms with Crippen LogP contribution in [-0.4, -0.2) is 17.6 Å². The number of carbonyl (C=O) groups is 3. The molecule has 2 amide bonds. The fraction of sp³-hybridized carbons (Fsp3) is 0.250. The van der Waals surface area contributed by atoms with E-state index in [1.807, 2.05) is 80.6 Å². The van der Waals surface area contributed by atoms with Crippen LogP contribution in [0, 0.1) is 25.7 Å². The molecule has 3 aromatic carbocycles. The Kier molecular flexibility index (Phi) is 3.75. The van der Waals surface area contributed by atoms with Crippen molar-refractivity contribution in [2.75, 3.05) is 4.90 Å². The van der Waals surface area contributed by atoms with Gasteiger partial charge in [0, 0.05) is 5.92 Å². The average molecular weight is 421 g/mol. The van der Waals surface area contributed by atoms with Crippen molar-refractivity contribution in [3.8, 4) is 0 Å². The second-order valence-corrected chi connectivity index (χ2v) is 9.30. The molecule has 4 nitrogen and oxygen atoms in total. The van der Waals surface area contributed by atoms with Gasteiger partial charge in [0.25, 0.3) is 0 Å². The maximum atomic E-state index is 14.0. The zero-order chi connectivity index (χ0) is 22.4. The summed E-state index contributed by atoms with van der Waals surface area (Å²) in [7, 11) is 0. The summed E-state index contributed by atoms with van der Waals surface area (Å²) in [5.41, 5.74) is 5.30. The van der Waals surface area contributed by atoms with E-state index in [4.69, 9.17) is 0 Å². The molecule has 1 aliphatic heterocycles. The summed E-state index contributed by atoms with van der Waals surface area (Å²) in [6.45, 7) is 5.54. The van der Waals surface area contributed by atoms with Gasteiger partial charge >= 0.3 is 0 Å². The molecule has 158 valence electrons. The Balaban J connectivity index is 1.66. The van der Waals surface area contributed by atoms with Crippen molar-refractivity contribution in [1.82, 2.24) is 0 Å². The molecule has 3 aromatic rings. The molecule has 1 fully saturated rings. The topological polar surface area (TPSA) is 54.5 Å². The van der Waals surface area contributed by atoms with E-state index in [-0.39, 0.29) is 23.5 Å². The van der Waals surface area contributed by atoms with Crippen molar-refractivity contribution >= 4 is 23.3 Å². The van der Waals surface area contributed by atoms with Crippen LogP contribution >= 0.6 is 0 Å². The smallest absolute Gasteiger partial charge is 0.239 e. The predicted molar refractivity (Wildman–Crippen MR) is 122 cm³/mol. The van der Waals surface area contributed by atoms with Crippen molar-refractivity contribution in [3.63, 3.8) is 0 Å². The van der Waals surface area contributed by atoms with E-state index in [0.29, 0.717) is 5.69 Å². The van der Waals surface area contributed by atoms with Crippen molar-refractivity contribution < 1.29 is 14.4 Å². The summed E-state index contributed by atoms with van der Waals surface area (Å²) in [5.74, 6) is -2.12. The number of rotatable bonds is 2. The lowest BCUT2D eigenvalue weighted by atomic mass is 9.46. The number of hydrogen-bond acceptors (Lipinski definition) is 3. The summed E-state index contributed by atoms with van der Waals surface area (Å²) in [6.07, 6.45) is 0. The Morgan fingerprint density at radius 2 is 1.41 bits per heavy atom. The van der Waals surface area contributed by atoms with Gasteiger partial charge in [-0.3, -0.25) is 14.4 Å². The lowest BCUT2D eigenvalue weighted by molar-refractivity contribution is -0.132. The number of amides is 2. The molecular formula is C28H23NO3. The van der Waals surface area contributed by atoms with Gasteiger partial charge in [0.15, 0.2) is 0 Å². The van der Waals surface area contributed by atoms with Crippen LogP contribution in [0.3, 0.4) is 0 Å². The lowest BCUT2D eigenvalue weighted by Gasteiger charge is -2.52. The second-order valence-electron chi connectivity index (χ2n) is 9.30. The van der Waals surface area contributed by atoms with Crippen LogP contribution in [0.25, 0.3) is 0 Å². The third-order valence-electron chi connectivity index (χ3n) is 7.92. The predicted octanol–water partition coefficient (Wildman–Crippen LogP) is 4.44. The molecule has 7 rings (SSSR count). The first-order valence-corrected chi connectivity index (χ1v) is 11.0. The van der Waals surface area contributed by atoms with Crippen LogP contribution in [0.5, 0.6) is 0 Å². The largest absolute Gasteiger partial charge is 0.299 e. The van der Waals surface area contributed by atoms with Crippen molar-refractivity contribution in [3.05, 3.63) is 100 Å². The highest BCUT2D eigenvalue weighted by Gasteiger charge is 2.69. The summed E-state index contributed by atoms with van der Waals surface area (Å²) < 4.78 is 0. The molecule has 0 N–H and O–H groups in total. The zero-order valence-corrected chi connectivity index (χ0v) is 18.3. The highest BCUT2D eigenvalue weighted by molar-refractivity contribution is 6.25. The molecule has 2 bridgehead atoms. The van der Waals surface area contributed by atoms with Gasteiger partial charge in [0.05, 0.1) is 22.9 Å². The van der Waals surface area contributed by atoms with Gasteiger partial charge in [-0.05, 0) is 66.3 Å². The van der Waals surface area contributed by atoms with Crippen LogP contribution in [0.4, 0.5) is 5.69 Å². The normalized spacial score (nSPS) is 27.2. The molecule has 0 aromatic heterocycles. The van der Waals surface area contributed by atoms with Gasteiger partial charge in [-0.25, -0.2) is 4.90 Å². The summed E-state index contributed by atoms with van der Waals surface area (Å²) in [6, 6.07) is 21.4. The Morgan fingerprint density at radius 1 is 0.812 bits per heavy atom. The van der Waals surface area contributed by atoms with E-state index in [2.05, 4.69) is 0 Å². The van der Waals surface area contributed by atoms with Gasteiger partial charge in [-0.1, -0.05) is 54.6 Å². The number of aryl methyl sites for hydroxylation is 2. The number of Topliss-reactive ketones (excluding diaryl/α,β-unsaturated/α-hetero) is 1. The van der Waals surface area contributed by atoms with E-state index >= 15 is 0 Å². The first-order chi connectivity index (χ1) is 15.4. The minimum atomic E-state index is -1.15. The third kappa shape index (κ3) is 2.05. The number of hydrogen-bond donors (Lipinski definition) is 0. The molecule has 0 spiro atoms. The van der Waals surface area contributed by atoms with Crippen LogP contribution in [-0.2, 0) is 19.8 Å². The summed E-state index contributed by atoms with van der Waals surface area (Å²) >= 11 is 0. The van der Waals surface area contributed by atoms with Gasteiger partial charge in [0.2, 0.25) is 11.8 Å². The minimum absolute atomic E-state index is 0.0892. The highest BCUT2D eigenvalue weighted by Crippen LogP contribution is 2.64. The number of ketones is 1. The third-order valence-corrected chi connectivity index (χ3v) is 7.92. The lowest BCUT2D eigenvalue weighted by Crippen LogP contribution is -2.57. The van der Waals surface area contributed by atoms with Crippen LogP contribution in [0.15, 0.2) is 66.7 Å². The quantitative estimate of drug-likeness (QED) is 0.575. The molecule has 0 unspecified atom stereocenters. The maximum absolute atomic E-state index is 14.0. The SMILES string of the molecule is CC(=O)C12c3ccccc3C(c3ccccc31)[C@@H]1C(=O)N(c3ccc(C)c(C)c3)C(=O)[C@H]12. The molecule has 2 atom stereocenters. The maximum Gasteiger partial charge on any atom is 0.239 e. The van der Waals surface area contributed by atoms with E-state index in [9.17, 15) is 14.4 Å². The number of nitrogens with zero attached hydrogens (tertiary/aromatic N) is 1. The number of carbonyl (C=O) groups excluding carboxylic acids is 3. The standard InChI is InChI=1S/C28H23NO3/c1-15-12-13-18(14-16(15)2)29-26(31)24-23-19-8-4-6-10-21(19)28(17(3)30,25(24)27(29)32)22-11-7-5-9-20(22)23/h4-14,23-25H,1-3H3/t23?,24-,25-,28?/m0/s1. The first kappa shape index (κ1) is 19.2. The fourth-order valence-electron chi connectivity index (χ4n) is 6.49.